The number of carbonyl (C=O) groups is 3. The predicted octanol–water partition coefficient (Wildman–Crippen LogP) is 4.25. The summed E-state index contributed by atoms with van der Waals surface area (Å²) in [4.78, 5) is 52.9. The number of benzene rings is 3. The zero-order chi connectivity index (χ0) is 28.3. The second kappa shape index (κ2) is 11.3. The SMILES string of the molecule is CCCN(C(=O)N=Cc1ccccc1)N1CC(=O)N2[C@@H](c3ccccc3)C(=O)N(Cc3cccc4ncoc34)C[C@@H]21. The van der Waals surface area contributed by atoms with Crippen molar-refractivity contribution >= 4 is 35.2 Å². The van der Waals surface area contributed by atoms with Gasteiger partial charge < -0.3 is 14.2 Å². The van der Waals surface area contributed by atoms with Gasteiger partial charge in [-0.25, -0.2) is 14.8 Å². The molecule has 2 aliphatic heterocycles. The lowest BCUT2D eigenvalue weighted by Crippen LogP contribution is -2.61. The van der Waals surface area contributed by atoms with Gasteiger partial charge in [-0.3, -0.25) is 14.6 Å². The summed E-state index contributed by atoms with van der Waals surface area (Å²) in [5.41, 5.74) is 3.67. The van der Waals surface area contributed by atoms with Crippen LogP contribution in [0.5, 0.6) is 0 Å². The molecule has 1 aromatic heterocycles. The molecule has 10 nitrogen and oxygen atoms in total. The normalized spacial score (nSPS) is 19.3. The van der Waals surface area contributed by atoms with Crippen LogP contribution in [0.3, 0.4) is 0 Å². The van der Waals surface area contributed by atoms with E-state index in [-0.39, 0.29) is 31.4 Å². The molecular formula is C31H30N6O4. The Morgan fingerprint density at radius 2 is 1.80 bits per heavy atom. The molecule has 3 aromatic carbocycles. The van der Waals surface area contributed by atoms with Gasteiger partial charge in [-0.1, -0.05) is 79.7 Å². The van der Waals surface area contributed by atoms with Gasteiger partial charge in [-0.15, -0.1) is 0 Å². The van der Waals surface area contributed by atoms with Crippen LogP contribution in [-0.2, 0) is 16.1 Å². The zero-order valence-corrected chi connectivity index (χ0v) is 22.7. The number of carbonyl (C=O) groups excluding carboxylic acids is 3. The van der Waals surface area contributed by atoms with E-state index in [9.17, 15) is 14.4 Å². The van der Waals surface area contributed by atoms with E-state index in [1.54, 1.807) is 14.8 Å². The largest absolute Gasteiger partial charge is 0.443 e. The van der Waals surface area contributed by atoms with E-state index < -0.39 is 18.2 Å². The van der Waals surface area contributed by atoms with Gasteiger partial charge in [0.2, 0.25) is 5.91 Å². The van der Waals surface area contributed by atoms with Gasteiger partial charge in [-0.05, 0) is 23.6 Å². The fourth-order valence-electron chi connectivity index (χ4n) is 5.60. The maximum atomic E-state index is 14.1. The molecule has 0 bridgehead atoms. The van der Waals surface area contributed by atoms with E-state index >= 15 is 0 Å². The summed E-state index contributed by atoms with van der Waals surface area (Å²) >= 11 is 0. The standard InChI is InChI=1S/C31H30N6O4/c1-2-16-35(31(40)32-17-22-10-5-3-6-11-22)36-20-27(38)37-26(36)19-34(30(39)28(37)23-12-7-4-8-13-23)18-24-14-9-15-25-29(24)41-21-33-25/h3-15,17,21,26,28H,2,16,18-20H2,1H3/t26-,28+/m1/s1. The molecule has 2 aliphatic rings. The number of oxazole rings is 1. The maximum Gasteiger partial charge on any atom is 0.358 e. The van der Waals surface area contributed by atoms with Crippen molar-refractivity contribution in [2.45, 2.75) is 32.1 Å². The first kappa shape index (κ1) is 26.4. The first-order valence-corrected chi connectivity index (χ1v) is 13.7. The summed E-state index contributed by atoms with van der Waals surface area (Å²) in [7, 11) is 0. The molecule has 4 aromatic rings. The van der Waals surface area contributed by atoms with Gasteiger partial charge in [0.1, 0.15) is 17.7 Å². The van der Waals surface area contributed by atoms with Crippen LogP contribution in [0.15, 0.2) is 94.7 Å². The summed E-state index contributed by atoms with van der Waals surface area (Å²) in [6.07, 6.45) is 3.04. The molecule has 0 N–H and O–H groups in total. The Morgan fingerprint density at radius 1 is 1.05 bits per heavy atom. The molecule has 2 atom stereocenters. The number of amides is 4. The number of hydrazine groups is 1. The second-order valence-corrected chi connectivity index (χ2v) is 10.1. The molecule has 0 aliphatic carbocycles. The molecule has 0 radical (unpaired) electrons. The highest BCUT2D eigenvalue weighted by atomic mass is 16.3. The van der Waals surface area contributed by atoms with Crippen LogP contribution >= 0.6 is 0 Å². The zero-order valence-electron chi connectivity index (χ0n) is 22.7. The Hall–Kier alpha value is -4.83. The molecule has 2 fully saturated rings. The molecule has 10 heteroatoms. The lowest BCUT2D eigenvalue weighted by molar-refractivity contribution is -0.158. The summed E-state index contributed by atoms with van der Waals surface area (Å²) in [5, 5.41) is 3.30. The van der Waals surface area contributed by atoms with Gasteiger partial charge in [0.15, 0.2) is 12.0 Å². The lowest BCUT2D eigenvalue weighted by atomic mass is 10.00. The van der Waals surface area contributed by atoms with E-state index in [4.69, 9.17) is 4.42 Å². The minimum Gasteiger partial charge on any atom is -0.443 e. The molecule has 0 unspecified atom stereocenters. The number of piperazine rings is 1. The van der Waals surface area contributed by atoms with E-state index in [1.165, 1.54) is 17.6 Å². The van der Waals surface area contributed by atoms with Crippen LogP contribution in [0.2, 0.25) is 0 Å². The summed E-state index contributed by atoms with van der Waals surface area (Å²) in [6, 6.07) is 23.1. The van der Waals surface area contributed by atoms with E-state index in [2.05, 4.69) is 9.98 Å². The minimum absolute atomic E-state index is 0.0284. The van der Waals surface area contributed by atoms with Crippen molar-refractivity contribution in [1.82, 2.24) is 24.8 Å². The number of hydrogen-bond donors (Lipinski definition) is 0. The number of aliphatic imine (C=N–C) groups is 1. The highest BCUT2D eigenvalue weighted by molar-refractivity contribution is 5.94. The molecular weight excluding hydrogens is 520 g/mol. The van der Waals surface area contributed by atoms with E-state index in [0.717, 1.165) is 16.7 Å². The van der Waals surface area contributed by atoms with Crippen molar-refractivity contribution < 1.29 is 18.8 Å². The van der Waals surface area contributed by atoms with Gasteiger partial charge in [0, 0.05) is 24.9 Å². The summed E-state index contributed by atoms with van der Waals surface area (Å²) in [6.45, 7) is 2.81. The van der Waals surface area contributed by atoms with Gasteiger partial charge in [0.05, 0.1) is 13.1 Å². The molecule has 4 amide bonds. The molecule has 2 saturated heterocycles. The third kappa shape index (κ3) is 5.09. The number of urea groups is 1. The monoisotopic (exact) mass is 550 g/mol. The fourth-order valence-corrected chi connectivity index (χ4v) is 5.60. The van der Waals surface area contributed by atoms with Crippen molar-refractivity contribution in [3.8, 4) is 0 Å². The van der Waals surface area contributed by atoms with E-state index in [1.807, 2.05) is 85.8 Å². The Balaban J connectivity index is 1.35. The van der Waals surface area contributed by atoms with Gasteiger partial charge >= 0.3 is 6.03 Å². The van der Waals surface area contributed by atoms with Crippen LogP contribution < -0.4 is 0 Å². The highest BCUT2D eigenvalue weighted by Gasteiger charge is 2.52. The number of hydrogen-bond acceptors (Lipinski definition) is 6. The van der Waals surface area contributed by atoms with Crippen molar-refractivity contribution in [2.24, 2.45) is 4.99 Å². The predicted molar refractivity (Wildman–Crippen MR) is 152 cm³/mol. The van der Waals surface area contributed by atoms with Crippen molar-refractivity contribution in [1.29, 1.82) is 0 Å². The highest BCUT2D eigenvalue weighted by Crippen LogP contribution is 2.37. The summed E-state index contributed by atoms with van der Waals surface area (Å²) in [5.74, 6) is -0.398. The fraction of sp³-hybridized carbons (Fsp3) is 0.258. The molecule has 208 valence electrons. The maximum absolute atomic E-state index is 14.1. The van der Waals surface area contributed by atoms with Crippen molar-refractivity contribution in [3.05, 3.63) is 102 Å². The molecule has 41 heavy (non-hydrogen) atoms. The third-order valence-corrected chi connectivity index (χ3v) is 7.46. The Morgan fingerprint density at radius 3 is 2.56 bits per heavy atom. The third-order valence-electron chi connectivity index (χ3n) is 7.46. The Labute approximate surface area is 237 Å². The van der Waals surface area contributed by atoms with Crippen LogP contribution in [-0.4, -0.2) is 74.7 Å². The smallest absolute Gasteiger partial charge is 0.358 e. The van der Waals surface area contributed by atoms with E-state index in [0.29, 0.717) is 24.1 Å². The first-order chi connectivity index (χ1) is 20.0. The average molecular weight is 551 g/mol. The second-order valence-electron chi connectivity index (χ2n) is 10.1. The minimum atomic E-state index is -0.826. The lowest BCUT2D eigenvalue weighted by Gasteiger charge is -2.46. The van der Waals surface area contributed by atoms with Crippen molar-refractivity contribution in [3.63, 3.8) is 0 Å². The Kier molecular flexibility index (Phi) is 7.30. The van der Waals surface area contributed by atoms with Crippen LogP contribution in [0.25, 0.3) is 11.1 Å². The number of nitrogens with zero attached hydrogens (tertiary/aromatic N) is 6. The molecule has 0 saturated carbocycles. The van der Waals surface area contributed by atoms with Crippen LogP contribution in [0.4, 0.5) is 4.79 Å². The number of para-hydroxylation sites is 1. The van der Waals surface area contributed by atoms with Gasteiger partial charge in [-0.2, -0.15) is 5.01 Å². The van der Waals surface area contributed by atoms with Crippen molar-refractivity contribution in [2.75, 3.05) is 19.6 Å². The summed E-state index contributed by atoms with van der Waals surface area (Å²) < 4.78 is 5.63. The van der Waals surface area contributed by atoms with Gasteiger partial charge in [0.25, 0.3) is 5.91 Å². The number of fused-ring (bicyclic) bond motifs is 2. The topological polar surface area (TPSA) is 103 Å². The number of rotatable bonds is 7. The first-order valence-electron chi connectivity index (χ1n) is 13.7. The van der Waals surface area contributed by atoms with Crippen LogP contribution in [0.1, 0.15) is 36.1 Å². The quantitative estimate of drug-likeness (QED) is 0.319. The molecule has 0 spiro atoms. The van der Waals surface area contributed by atoms with Crippen LogP contribution in [0, 0.1) is 0 Å². The Bertz CT molecular complexity index is 1590. The number of aromatic nitrogens is 1. The average Bonchev–Trinajstić information content (AvgIpc) is 3.61. The molecule has 6 rings (SSSR count). The molecule has 3 heterocycles.